The Labute approximate surface area is 55.0 Å². The number of primary amides is 1. The average molecular weight is 131 g/mol. The van der Waals surface area contributed by atoms with E-state index in [1.54, 1.807) is 0 Å². The zero-order chi connectivity index (χ0) is 7.28. The Balaban J connectivity index is 3.01. The lowest BCUT2D eigenvalue weighted by molar-refractivity contribution is 0.247. The summed E-state index contributed by atoms with van der Waals surface area (Å²) in [5, 5.41) is 2.47. The maximum atomic E-state index is 10.1. The molecule has 0 heterocycles. The number of urea groups is 1. The molecule has 0 aromatic carbocycles. The third-order valence-corrected chi connectivity index (χ3v) is 0.858. The lowest BCUT2D eigenvalue weighted by Gasteiger charge is -2.08. The highest BCUT2D eigenvalue weighted by molar-refractivity contribution is 5.71. The first-order valence-electron chi connectivity index (χ1n) is 2.81. The second kappa shape index (κ2) is 4.14. The van der Waals surface area contributed by atoms with Gasteiger partial charge in [0.25, 0.3) is 0 Å². The molecule has 0 fully saturated rings. The van der Waals surface area contributed by atoms with Crippen molar-refractivity contribution in [2.75, 3.05) is 27.2 Å². The molecule has 4 heteroatoms. The van der Waals surface area contributed by atoms with Crippen LogP contribution in [-0.2, 0) is 0 Å². The number of carbonyl (C=O) groups is 1. The molecule has 9 heavy (non-hydrogen) atoms. The lowest BCUT2D eigenvalue weighted by atomic mass is 10.6. The van der Waals surface area contributed by atoms with Gasteiger partial charge in [0.15, 0.2) is 0 Å². The number of nitrogens with two attached hydrogens (primary N) is 1. The highest BCUT2D eigenvalue weighted by atomic mass is 16.2. The molecule has 0 atom stereocenters. The van der Waals surface area contributed by atoms with E-state index < -0.39 is 6.03 Å². The first kappa shape index (κ1) is 8.23. The van der Waals surface area contributed by atoms with Crippen LogP contribution in [0.15, 0.2) is 0 Å². The number of carbonyl (C=O) groups excluding carboxylic acids is 1. The second-order valence-electron chi connectivity index (χ2n) is 2.09. The Hall–Kier alpha value is -0.770. The normalized spacial score (nSPS) is 9.67. The zero-order valence-corrected chi connectivity index (χ0v) is 5.85. The molecule has 4 nitrogen and oxygen atoms in total. The fourth-order valence-electron chi connectivity index (χ4n) is 0.403. The van der Waals surface area contributed by atoms with E-state index in [9.17, 15) is 4.79 Å². The maximum Gasteiger partial charge on any atom is 0.312 e. The van der Waals surface area contributed by atoms with Gasteiger partial charge < -0.3 is 16.0 Å². The first-order valence-corrected chi connectivity index (χ1v) is 2.81. The third kappa shape index (κ3) is 7.23. The molecule has 3 N–H and O–H groups in total. The molecule has 0 saturated heterocycles. The molecular weight excluding hydrogens is 118 g/mol. The van der Waals surface area contributed by atoms with Crippen molar-refractivity contribution in [2.24, 2.45) is 5.73 Å². The van der Waals surface area contributed by atoms with Crippen molar-refractivity contribution < 1.29 is 4.79 Å². The number of nitrogens with one attached hydrogen (secondary N) is 1. The summed E-state index contributed by atoms with van der Waals surface area (Å²) < 4.78 is 0. The van der Waals surface area contributed by atoms with Crippen molar-refractivity contribution in [2.45, 2.75) is 0 Å². The van der Waals surface area contributed by atoms with Gasteiger partial charge in [-0.25, -0.2) is 4.79 Å². The first-order chi connectivity index (χ1) is 4.13. The number of likely N-dealkylation sites (N-methyl/N-ethyl adjacent to an activating group) is 1. The van der Waals surface area contributed by atoms with E-state index in [1.165, 1.54) is 0 Å². The van der Waals surface area contributed by atoms with Crippen LogP contribution in [0, 0.1) is 0 Å². The number of hydrogen-bond donors (Lipinski definition) is 2. The highest BCUT2D eigenvalue weighted by Crippen LogP contribution is 1.68. The fourth-order valence-corrected chi connectivity index (χ4v) is 0.403. The standard InChI is InChI=1S/C5H13N3O/c1-8(2)4-3-7-5(6)9/h3-4H2,1-2H3,(H3,6,7,9). The fraction of sp³-hybridized carbons (Fsp3) is 0.800. The Morgan fingerprint density at radius 3 is 2.56 bits per heavy atom. The SMILES string of the molecule is CN(C)CCNC(N)=O. The van der Waals surface area contributed by atoms with Crippen molar-refractivity contribution in [1.29, 1.82) is 0 Å². The summed E-state index contributed by atoms with van der Waals surface area (Å²) in [4.78, 5) is 12.0. The number of amides is 2. The minimum atomic E-state index is -0.461. The Morgan fingerprint density at radius 2 is 2.22 bits per heavy atom. The van der Waals surface area contributed by atoms with Crippen molar-refractivity contribution in [3.63, 3.8) is 0 Å². The summed E-state index contributed by atoms with van der Waals surface area (Å²) in [7, 11) is 3.87. The summed E-state index contributed by atoms with van der Waals surface area (Å²) in [5.41, 5.74) is 4.81. The van der Waals surface area contributed by atoms with Gasteiger partial charge in [-0.15, -0.1) is 0 Å². The molecule has 0 aliphatic carbocycles. The molecule has 0 aromatic heterocycles. The van der Waals surface area contributed by atoms with E-state index in [1.807, 2.05) is 19.0 Å². The van der Waals surface area contributed by atoms with Gasteiger partial charge in [-0.3, -0.25) is 0 Å². The predicted octanol–water partition coefficient (Wildman–Crippen LogP) is -0.784. The van der Waals surface area contributed by atoms with Crippen molar-refractivity contribution in [3.05, 3.63) is 0 Å². The van der Waals surface area contributed by atoms with Crippen LogP contribution in [0.3, 0.4) is 0 Å². The molecule has 0 aliphatic rings. The highest BCUT2D eigenvalue weighted by Gasteiger charge is 1.90. The van der Waals surface area contributed by atoms with Gasteiger partial charge in [0.2, 0.25) is 0 Å². The van der Waals surface area contributed by atoms with Gasteiger partial charge in [0.05, 0.1) is 0 Å². The molecule has 0 bridgehead atoms. The van der Waals surface area contributed by atoms with Gasteiger partial charge in [-0.05, 0) is 14.1 Å². The van der Waals surface area contributed by atoms with Crippen LogP contribution in [0.5, 0.6) is 0 Å². The molecule has 54 valence electrons. The molecule has 2 amide bonds. The Bertz CT molecular complexity index is 92.2. The smallest absolute Gasteiger partial charge is 0.312 e. The molecule has 0 rings (SSSR count). The number of rotatable bonds is 3. The minimum absolute atomic E-state index is 0.461. The molecule has 0 aliphatic heterocycles. The third-order valence-electron chi connectivity index (χ3n) is 0.858. The predicted molar refractivity (Wildman–Crippen MR) is 36.1 cm³/mol. The van der Waals surface area contributed by atoms with Crippen LogP contribution in [-0.4, -0.2) is 38.1 Å². The average Bonchev–Trinajstić information content (AvgIpc) is 1.63. The van der Waals surface area contributed by atoms with Crippen LogP contribution in [0.4, 0.5) is 4.79 Å². The molecule has 0 spiro atoms. The molecular formula is C5H13N3O. The Morgan fingerprint density at radius 1 is 1.67 bits per heavy atom. The monoisotopic (exact) mass is 131 g/mol. The summed E-state index contributed by atoms with van der Waals surface area (Å²) in [6, 6.07) is -0.461. The van der Waals surface area contributed by atoms with Gasteiger partial charge in [-0.1, -0.05) is 0 Å². The largest absolute Gasteiger partial charge is 0.352 e. The van der Waals surface area contributed by atoms with E-state index in [4.69, 9.17) is 5.73 Å². The lowest BCUT2D eigenvalue weighted by Crippen LogP contribution is -2.34. The summed E-state index contributed by atoms with van der Waals surface area (Å²) in [6.45, 7) is 1.44. The molecule has 0 radical (unpaired) electrons. The van der Waals surface area contributed by atoms with E-state index in [0.717, 1.165) is 6.54 Å². The molecule has 0 unspecified atom stereocenters. The topological polar surface area (TPSA) is 58.4 Å². The quantitative estimate of drug-likeness (QED) is 0.527. The number of hydrogen-bond acceptors (Lipinski definition) is 2. The summed E-state index contributed by atoms with van der Waals surface area (Å²) in [5.74, 6) is 0. The van der Waals surface area contributed by atoms with E-state index in [0.29, 0.717) is 6.54 Å². The zero-order valence-electron chi connectivity index (χ0n) is 5.85. The number of nitrogens with zero attached hydrogens (tertiary/aromatic N) is 1. The van der Waals surface area contributed by atoms with E-state index >= 15 is 0 Å². The van der Waals surface area contributed by atoms with Gasteiger partial charge >= 0.3 is 6.03 Å². The van der Waals surface area contributed by atoms with Crippen LogP contribution >= 0.6 is 0 Å². The molecule has 0 aromatic rings. The van der Waals surface area contributed by atoms with Crippen LogP contribution in [0.25, 0.3) is 0 Å². The van der Waals surface area contributed by atoms with Crippen LogP contribution in [0.2, 0.25) is 0 Å². The maximum absolute atomic E-state index is 10.1. The van der Waals surface area contributed by atoms with Crippen molar-refractivity contribution in [3.8, 4) is 0 Å². The van der Waals surface area contributed by atoms with E-state index in [2.05, 4.69) is 5.32 Å². The minimum Gasteiger partial charge on any atom is -0.352 e. The second-order valence-corrected chi connectivity index (χ2v) is 2.09. The Kier molecular flexibility index (Phi) is 3.79. The van der Waals surface area contributed by atoms with Gasteiger partial charge in [-0.2, -0.15) is 0 Å². The van der Waals surface area contributed by atoms with Crippen LogP contribution in [0.1, 0.15) is 0 Å². The van der Waals surface area contributed by atoms with Gasteiger partial charge in [0.1, 0.15) is 0 Å². The van der Waals surface area contributed by atoms with Gasteiger partial charge in [0, 0.05) is 13.1 Å². The van der Waals surface area contributed by atoms with Crippen molar-refractivity contribution >= 4 is 6.03 Å². The van der Waals surface area contributed by atoms with E-state index in [-0.39, 0.29) is 0 Å². The molecule has 0 saturated carbocycles. The van der Waals surface area contributed by atoms with Crippen LogP contribution < -0.4 is 11.1 Å². The van der Waals surface area contributed by atoms with Crippen molar-refractivity contribution in [1.82, 2.24) is 10.2 Å². The summed E-state index contributed by atoms with van der Waals surface area (Å²) in [6.07, 6.45) is 0. The summed E-state index contributed by atoms with van der Waals surface area (Å²) >= 11 is 0.